The number of aliphatic carboxylic acids is 1. The summed E-state index contributed by atoms with van der Waals surface area (Å²) in [6, 6.07) is 0.817. The average molecular weight is 300 g/mol. The van der Waals surface area contributed by atoms with Gasteiger partial charge < -0.3 is 15.7 Å². The van der Waals surface area contributed by atoms with Gasteiger partial charge in [-0.05, 0) is 24.5 Å². The molecule has 0 radical (unpaired) electrons. The van der Waals surface area contributed by atoms with Crippen LogP contribution in [-0.2, 0) is 4.79 Å². The van der Waals surface area contributed by atoms with E-state index in [1.54, 1.807) is 13.8 Å². The molecule has 5 nitrogen and oxygen atoms in total. The first kappa shape index (κ1) is 16.9. The molecule has 2 amide bonds. The fourth-order valence-electron chi connectivity index (χ4n) is 1.73. The summed E-state index contributed by atoms with van der Waals surface area (Å²) < 4.78 is 27.3. The SMILES string of the molecule is Cc1ccc(F)c(NC(=O)NC(CC(=O)O)C(C)C)c1F. The Balaban J connectivity index is 2.82. The summed E-state index contributed by atoms with van der Waals surface area (Å²) in [7, 11) is 0. The van der Waals surface area contributed by atoms with E-state index in [1.165, 1.54) is 13.0 Å². The molecule has 0 saturated heterocycles. The monoisotopic (exact) mass is 300 g/mol. The zero-order chi connectivity index (χ0) is 16.2. The first-order valence-corrected chi connectivity index (χ1v) is 6.46. The quantitative estimate of drug-likeness (QED) is 0.782. The van der Waals surface area contributed by atoms with Gasteiger partial charge in [0.05, 0.1) is 6.42 Å². The highest BCUT2D eigenvalue weighted by Crippen LogP contribution is 2.21. The van der Waals surface area contributed by atoms with Crippen molar-refractivity contribution < 1.29 is 23.5 Å². The molecule has 1 aromatic rings. The molecule has 0 aliphatic heterocycles. The number of amides is 2. The van der Waals surface area contributed by atoms with E-state index in [4.69, 9.17) is 5.11 Å². The molecule has 1 rings (SSSR count). The number of carboxylic acid groups (broad SMARTS) is 1. The highest BCUT2D eigenvalue weighted by molar-refractivity contribution is 5.90. The molecule has 0 bridgehead atoms. The Labute approximate surface area is 121 Å². The fourth-order valence-corrected chi connectivity index (χ4v) is 1.73. The average Bonchev–Trinajstić information content (AvgIpc) is 2.38. The number of urea groups is 1. The second-order valence-corrected chi connectivity index (χ2v) is 5.10. The molecule has 116 valence electrons. The summed E-state index contributed by atoms with van der Waals surface area (Å²) in [5, 5.41) is 13.3. The number of carboxylic acids is 1. The molecule has 7 heteroatoms. The molecular formula is C14H18F2N2O3. The number of nitrogens with one attached hydrogen (secondary N) is 2. The summed E-state index contributed by atoms with van der Waals surface area (Å²) in [6.07, 6.45) is -0.274. The Morgan fingerprint density at radius 1 is 1.29 bits per heavy atom. The molecule has 21 heavy (non-hydrogen) atoms. The van der Waals surface area contributed by atoms with E-state index >= 15 is 0 Å². The minimum absolute atomic E-state index is 0.140. The van der Waals surface area contributed by atoms with Gasteiger partial charge in [0, 0.05) is 6.04 Å². The van der Waals surface area contributed by atoms with E-state index in [2.05, 4.69) is 10.6 Å². The molecule has 3 N–H and O–H groups in total. The highest BCUT2D eigenvalue weighted by atomic mass is 19.1. The predicted octanol–water partition coefficient (Wildman–Crippen LogP) is 2.89. The molecule has 0 aliphatic carbocycles. The molecular weight excluding hydrogens is 282 g/mol. The molecule has 0 saturated carbocycles. The first-order valence-electron chi connectivity index (χ1n) is 6.46. The zero-order valence-corrected chi connectivity index (χ0v) is 12.0. The molecule has 0 fully saturated rings. The van der Waals surface area contributed by atoms with Crippen molar-refractivity contribution in [1.82, 2.24) is 5.32 Å². The Kier molecular flexibility index (Phi) is 5.63. The van der Waals surface area contributed by atoms with E-state index in [1.807, 2.05) is 0 Å². The Morgan fingerprint density at radius 3 is 2.43 bits per heavy atom. The van der Waals surface area contributed by atoms with Gasteiger partial charge in [0.1, 0.15) is 11.5 Å². The van der Waals surface area contributed by atoms with Gasteiger partial charge in [-0.25, -0.2) is 13.6 Å². The van der Waals surface area contributed by atoms with Crippen molar-refractivity contribution in [3.63, 3.8) is 0 Å². The number of carbonyl (C=O) groups excluding carboxylic acids is 1. The summed E-state index contributed by atoms with van der Waals surface area (Å²) in [6.45, 7) is 4.92. The van der Waals surface area contributed by atoms with Crippen molar-refractivity contribution in [3.8, 4) is 0 Å². The Bertz CT molecular complexity index is 547. The van der Waals surface area contributed by atoms with Crippen LogP contribution in [0, 0.1) is 24.5 Å². The van der Waals surface area contributed by atoms with Crippen LogP contribution < -0.4 is 10.6 Å². The van der Waals surface area contributed by atoms with Gasteiger partial charge >= 0.3 is 12.0 Å². The Hall–Kier alpha value is -2.18. The van der Waals surface area contributed by atoms with Gasteiger partial charge in [-0.3, -0.25) is 4.79 Å². The number of aryl methyl sites for hydroxylation is 1. The lowest BCUT2D eigenvalue weighted by Crippen LogP contribution is -2.42. The minimum atomic E-state index is -1.07. The maximum atomic E-state index is 13.8. The lowest BCUT2D eigenvalue weighted by atomic mass is 10.0. The smallest absolute Gasteiger partial charge is 0.319 e. The largest absolute Gasteiger partial charge is 0.481 e. The third kappa shape index (κ3) is 4.70. The van der Waals surface area contributed by atoms with Crippen molar-refractivity contribution in [2.24, 2.45) is 5.92 Å². The topological polar surface area (TPSA) is 78.4 Å². The number of carbonyl (C=O) groups is 2. The van der Waals surface area contributed by atoms with Crippen LogP contribution in [0.3, 0.4) is 0 Å². The maximum absolute atomic E-state index is 13.8. The van der Waals surface area contributed by atoms with Gasteiger partial charge in [0.25, 0.3) is 0 Å². The van der Waals surface area contributed by atoms with Gasteiger partial charge in [-0.1, -0.05) is 19.9 Å². The maximum Gasteiger partial charge on any atom is 0.319 e. The van der Waals surface area contributed by atoms with E-state index < -0.39 is 35.4 Å². The third-order valence-corrected chi connectivity index (χ3v) is 3.04. The van der Waals surface area contributed by atoms with Gasteiger partial charge in [-0.2, -0.15) is 0 Å². The fraction of sp³-hybridized carbons (Fsp3) is 0.429. The van der Waals surface area contributed by atoms with Crippen LogP contribution >= 0.6 is 0 Å². The summed E-state index contributed by atoms with van der Waals surface area (Å²) in [5.41, 5.74) is -0.358. The van der Waals surface area contributed by atoms with Crippen LogP contribution in [0.15, 0.2) is 12.1 Å². The number of anilines is 1. The normalized spacial score (nSPS) is 12.1. The minimum Gasteiger partial charge on any atom is -0.481 e. The van der Waals surface area contributed by atoms with Crippen molar-refractivity contribution in [2.75, 3.05) is 5.32 Å². The standard InChI is InChI=1S/C14H18F2N2O3/c1-7(2)10(6-11(19)20)17-14(21)18-13-9(15)5-4-8(3)12(13)16/h4-5,7,10H,6H2,1-3H3,(H,19,20)(H2,17,18,21). The van der Waals surface area contributed by atoms with E-state index in [0.29, 0.717) is 0 Å². The molecule has 0 heterocycles. The molecule has 1 aromatic carbocycles. The number of halogens is 2. The number of hydrogen-bond acceptors (Lipinski definition) is 2. The van der Waals surface area contributed by atoms with Crippen LogP contribution in [0.25, 0.3) is 0 Å². The number of benzene rings is 1. The molecule has 0 aliphatic rings. The predicted molar refractivity (Wildman–Crippen MR) is 74.1 cm³/mol. The van der Waals surface area contributed by atoms with E-state index in [0.717, 1.165) is 6.07 Å². The van der Waals surface area contributed by atoms with Crippen LogP contribution in [0.2, 0.25) is 0 Å². The molecule has 1 unspecified atom stereocenters. The molecule has 0 spiro atoms. The lowest BCUT2D eigenvalue weighted by molar-refractivity contribution is -0.137. The van der Waals surface area contributed by atoms with Crippen molar-refractivity contribution in [2.45, 2.75) is 33.2 Å². The molecule has 0 aromatic heterocycles. The molecule has 1 atom stereocenters. The van der Waals surface area contributed by atoms with Crippen molar-refractivity contribution in [3.05, 3.63) is 29.3 Å². The number of rotatable bonds is 5. The lowest BCUT2D eigenvalue weighted by Gasteiger charge is -2.21. The first-order chi connectivity index (χ1) is 9.72. The number of hydrogen-bond donors (Lipinski definition) is 3. The second-order valence-electron chi connectivity index (χ2n) is 5.10. The van der Waals surface area contributed by atoms with Crippen LogP contribution in [0.1, 0.15) is 25.8 Å². The van der Waals surface area contributed by atoms with E-state index in [9.17, 15) is 18.4 Å². The Morgan fingerprint density at radius 2 is 1.90 bits per heavy atom. The van der Waals surface area contributed by atoms with Gasteiger partial charge in [0.15, 0.2) is 5.82 Å². The second kappa shape index (κ2) is 7.01. The third-order valence-electron chi connectivity index (χ3n) is 3.04. The van der Waals surface area contributed by atoms with E-state index in [-0.39, 0.29) is 17.9 Å². The summed E-state index contributed by atoms with van der Waals surface area (Å²) in [5.74, 6) is -2.96. The van der Waals surface area contributed by atoms with Gasteiger partial charge in [0.2, 0.25) is 0 Å². The zero-order valence-electron chi connectivity index (χ0n) is 12.0. The highest BCUT2D eigenvalue weighted by Gasteiger charge is 2.21. The van der Waals surface area contributed by atoms with Crippen LogP contribution in [-0.4, -0.2) is 23.1 Å². The van der Waals surface area contributed by atoms with Crippen LogP contribution in [0.5, 0.6) is 0 Å². The van der Waals surface area contributed by atoms with Crippen LogP contribution in [0.4, 0.5) is 19.3 Å². The summed E-state index contributed by atoms with van der Waals surface area (Å²) in [4.78, 5) is 22.5. The van der Waals surface area contributed by atoms with Crippen molar-refractivity contribution >= 4 is 17.7 Å². The van der Waals surface area contributed by atoms with Gasteiger partial charge in [-0.15, -0.1) is 0 Å². The summed E-state index contributed by atoms with van der Waals surface area (Å²) >= 11 is 0. The van der Waals surface area contributed by atoms with Crippen molar-refractivity contribution in [1.29, 1.82) is 0 Å².